The lowest BCUT2D eigenvalue weighted by Gasteiger charge is -2.21. The van der Waals surface area contributed by atoms with E-state index in [1.165, 1.54) is 43.5 Å². The van der Waals surface area contributed by atoms with Crippen LogP contribution >= 0.6 is 0 Å². The van der Waals surface area contributed by atoms with Crippen molar-refractivity contribution < 1.29 is 32.2 Å². The van der Waals surface area contributed by atoms with Crippen molar-refractivity contribution >= 4 is 15.9 Å². The molecule has 0 saturated carbocycles. The normalized spacial score (nSPS) is 12.9. The minimum Gasteiger partial charge on any atom is -0.494 e. The number of carbonyl (C=O) groups is 1. The van der Waals surface area contributed by atoms with E-state index in [0.717, 1.165) is 0 Å². The van der Waals surface area contributed by atoms with Gasteiger partial charge < -0.3 is 18.9 Å². The van der Waals surface area contributed by atoms with Crippen LogP contribution in [0.15, 0.2) is 41.3 Å². The molecule has 0 bridgehead atoms. The molecule has 0 spiro atoms. The zero-order valence-electron chi connectivity index (χ0n) is 15.4. The van der Waals surface area contributed by atoms with Gasteiger partial charge in [0, 0.05) is 5.56 Å². The van der Waals surface area contributed by atoms with E-state index in [-0.39, 0.29) is 10.5 Å². The summed E-state index contributed by atoms with van der Waals surface area (Å²) in [4.78, 5) is 14.4. The van der Waals surface area contributed by atoms with E-state index in [2.05, 4.69) is 10.3 Å². The van der Waals surface area contributed by atoms with Gasteiger partial charge in [-0.3, -0.25) is 10.2 Å². The van der Waals surface area contributed by atoms with Crippen molar-refractivity contribution in [2.75, 3.05) is 26.9 Å². The summed E-state index contributed by atoms with van der Waals surface area (Å²) >= 11 is 0. The lowest BCUT2D eigenvalue weighted by molar-refractivity contribution is 0.0943. The zero-order valence-corrected chi connectivity index (χ0v) is 16.2. The van der Waals surface area contributed by atoms with Gasteiger partial charge in [-0.15, -0.1) is 4.83 Å². The first-order chi connectivity index (χ1) is 13.4. The third-order valence-electron chi connectivity index (χ3n) is 3.83. The van der Waals surface area contributed by atoms with Gasteiger partial charge in [-0.25, -0.2) is 8.42 Å². The first-order valence-corrected chi connectivity index (χ1v) is 9.95. The second-order valence-electron chi connectivity index (χ2n) is 5.67. The molecule has 2 N–H and O–H groups in total. The maximum Gasteiger partial charge on any atom is 0.266 e. The molecule has 9 nitrogen and oxygen atoms in total. The molecule has 2 aromatic carbocycles. The van der Waals surface area contributed by atoms with E-state index >= 15 is 0 Å². The van der Waals surface area contributed by atoms with Crippen molar-refractivity contribution in [3.8, 4) is 23.0 Å². The van der Waals surface area contributed by atoms with Gasteiger partial charge in [-0.05, 0) is 43.3 Å². The third-order valence-corrected chi connectivity index (χ3v) is 5.10. The first-order valence-electron chi connectivity index (χ1n) is 8.47. The fourth-order valence-corrected chi connectivity index (χ4v) is 3.37. The van der Waals surface area contributed by atoms with E-state index in [9.17, 15) is 13.2 Å². The SMILES string of the molecule is CCOc1ccc(S(=O)(=O)NNC(=O)c2cc(OC)c3c(c2)OCCO3)cc1. The van der Waals surface area contributed by atoms with Crippen molar-refractivity contribution in [1.82, 2.24) is 10.3 Å². The molecule has 0 aromatic heterocycles. The van der Waals surface area contributed by atoms with E-state index < -0.39 is 15.9 Å². The van der Waals surface area contributed by atoms with Gasteiger partial charge in [0.25, 0.3) is 15.9 Å². The van der Waals surface area contributed by atoms with E-state index in [4.69, 9.17) is 18.9 Å². The van der Waals surface area contributed by atoms with E-state index in [0.29, 0.717) is 42.8 Å². The second kappa shape index (κ2) is 8.36. The van der Waals surface area contributed by atoms with Gasteiger partial charge in [-0.2, -0.15) is 0 Å². The van der Waals surface area contributed by atoms with E-state index in [1.54, 1.807) is 0 Å². The molecule has 0 saturated heterocycles. The number of amides is 1. The predicted octanol–water partition coefficient (Wildman–Crippen LogP) is 1.49. The average molecular weight is 408 g/mol. The zero-order chi connectivity index (χ0) is 20.1. The summed E-state index contributed by atoms with van der Waals surface area (Å²) in [5, 5.41) is 0. The molecule has 0 aliphatic carbocycles. The minimum absolute atomic E-state index is 0.0176. The summed E-state index contributed by atoms with van der Waals surface area (Å²) in [5.41, 5.74) is 2.32. The maximum atomic E-state index is 12.4. The quantitative estimate of drug-likeness (QED) is 0.668. The Morgan fingerprint density at radius 2 is 1.86 bits per heavy atom. The summed E-state index contributed by atoms with van der Waals surface area (Å²) in [6.07, 6.45) is 0. The number of methoxy groups -OCH3 is 1. The summed E-state index contributed by atoms with van der Waals surface area (Å²) in [6.45, 7) is 3.01. The highest BCUT2D eigenvalue weighted by atomic mass is 32.2. The number of ether oxygens (including phenoxy) is 4. The van der Waals surface area contributed by atoms with Crippen molar-refractivity contribution in [2.45, 2.75) is 11.8 Å². The Kier molecular flexibility index (Phi) is 5.90. The topological polar surface area (TPSA) is 112 Å². The van der Waals surface area contributed by atoms with Gasteiger partial charge in [0.2, 0.25) is 5.75 Å². The average Bonchev–Trinajstić information content (AvgIpc) is 2.72. The van der Waals surface area contributed by atoms with Gasteiger partial charge in [0.05, 0.1) is 18.6 Å². The lowest BCUT2D eigenvalue weighted by Crippen LogP contribution is -2.41. The van der Waals surface area contributed by atoms with Crippen molar-refractivity contribution in [2.24, 2.45) is 0 Å². The number of rotatable bonds is 7. The Morgan fingerprint density at radius 1 is 1.14 bits per heavy atom. The highest BCUT2D eigenvalue weighted by Crippen LogP contribution is 2.40. The maximum absolute atomic E-state index is 12.4. The number of sulfonamides is 1. The molecule has 10 heteroatoms. The summed E-state index contributed by atoms with van der Waals surface area (Å²) in [6, 6.07) is 8.72. The summed E-state index contributed by atoms with van der Waals surface area (Å²) in [5.74, 6) is 0.945. The highest BCUT2D eigenvalue weighted by molar-refractivity contribution is 7.89. The van der Waals surface area contributed by atoms with Gasteiger partial charge in [0.15, 0.2) is 11.5 Å². The van der Waals surface area contributed by atoms with Gasteiger partial charge in [-0.1, -0.05) is 0 Å². The molecule has 2 aromatic rings. The van der Waals surface area contributed by atoms with Crippen molar-refractivity contribution in [3.63, 3.8) is 0 Å². The number of hydrogen-bond acceptors (Lipinski definition) is 7. The predicted molar refractivity (Wildman–Crippen MR) is 99.4 cm³/mol. The Balaban J connectivity index is 1.72. The number of nitrogens with one attached hydrogen (secondary N) is 2. The molecule has 150 valence electrons. The molecule has 0 fully saturated rings. The van der Waals surface area contributed by atoms with Crippen LogP contribution in [-0.4, -0.2) is 41.3 Å². The summed E-state index contributed by atoms with van der Waals surface area (Å²) in [7, 11) is -2.52. The van der Waals surface area contributed by atoms with Crippen LogP contribution in [0.2, 0.25) is 0 Å². The molecule has 0 atom stereocenters. The smallest absolute Gasteiger partial charge is 0.266 e. The molecular weight excluding hydrogens is 388 g/mol. The first kappa shape index (κ1) is 19.8. The Bertz CT molecular complexity index is 941. The Labute approximate surface area is 162 Å². The molecule has 1 aliphatic heterocycles. The fourth-order valence-electron chi connectivity index (χ4n) is 2.53. The van der Waals surface area contributed by atoms with Crippen LogP contribution < -0.4 is 29.2 Å². The summed E-state index contributed by atoms with van der Waals surface area (Å²) < 4.78 is 46.1. The number of carbonyl (C=O) groups excluding carboxylic acids is 1. The standard InChI is InChI=1S/C18H20N2O7S/c1-3-25-13-4-6-14(7-5-13)28(22,23)20-19-18(21)12-10-15(24-2)17-16(11-12)26-8-9-27-17/h4-7,10-11,20H,3,8-9H2,1-2H3,(H,19,21). The second-order valence-corrected chi connectivity index (χ2v) is 7.35. The van der Waals surface area contributed by atoms with Crippen LogP contribution in [0, 0.1) is 0 Å². The Hall–Kier alpha value is -2.98. The van der Waals surface area contributed by atoms with Crippen molar-refractivity contribution in [1.29, 1.82) is 0 Å². The lowest BCUT2D eigenvalue weighted by atomic mass is 10.1. The van der Waals surface area contributed by atoms with Crippen molar-refractivity contribution in [3.05, 3.63) is 42.0 Å². The Morgan fingerprint density at radius 3 is 2.54 bits per heavy atom. The van der Waals surface area contributed by atoms with E-state index in [1.807, 2.05) is 6.92 Å². The number of benzene rings is 2. The fraction of sp³-hybridized carbons (Fsp3) is 0.278. The van der Waals surface area contributed by atoms with Gasteiger partial charge >= 0.3 is 0 Å². The number of hydrazine groups is 1. The van der Waals surface area contributed by atoms with Crippen LogP contribution in [0.3, 0.4) is 0 Å². The number of hydrogen-bond donors (Lipinski definition) is 2. The van der Waals surface area contributed by atoms with Crippen LogP contribution in [0.1, 0.15) is 17.3 Å². The number of fused-ring (bicyclic) bond motifs is 1. The third kappa shape index (κ3) is 4.29. The molecule has 0 radical (unpaired) electrons. The van der Waals surface area contributed by atoms with Crippen LogP contribution in [0.4, 0.5) is 0 Å². The molecule has 0 unspecified atom stereocenters. The monoisotopic (exact) mass is 408 g/mol. The van der Waals surface area contributed by atoms with Gasteiger partial charge in [0.1, 0.15) is 19.0 Å². The minimum atomic E-state index is -3.95. The molecule has 28 heavy (non-hydrogen) atoms. The largest absolute Gasteiger partial charge is 0.494 e. The van der Waals surface area contributed by atoms with Crippen LogP contribution in [-0.2, 0) is 10.0 Å². The molecule has 3 rings (SSSR count). The van der Waals surface area contributed by atoms with Crippen LogP contribution in [0.5, 0.6) is 23.0 Å². The molecule has 1 amide bonds. The van der Waals surface area contributed by atoms with Crippen LogP contribution in [0.25, 0.3) is 0 Å². The molecule has 1 heterocycles. The molecule has 1 aliphatic rings. The molecular formula is C18H20N2O7S. The highest BCUT2D eigenvalue weighted by Gasteiger charge is 2.22.